The van der Waals surface area contributed by atoms with E-state index in [-0.39, 0.29) is 16.2 Å². The number of fused-ring (bicyclic) bond motifs is 1. The number of anilines is 2. The molecule has 25 heavy (non-hydrogen) atoms. The van der Waals surface area contributed by atoms with Gasteiger partial charge in [-0.1, -0.05) is 15.9 Å². The summed E-state index contributed by atoms with van der Waals surface area (Å²) in [5.74, 6) is 0.409. The quantitative estimate of drug-likeness (QED) is 0.612. The van der Waals surface area contributed by atoms with E-state index in [9.17, 15) is 8.42 Å². The first-order chi connectivity index (χ1) is 11.6. The highest BCUT2D eigenvalue weighted by molar-refractivity contribution is 9.10. The molecule has 2 aromatic heterocycles. The zero-order valence-corrected chi connectivity index (χ0v) is 16.8. The summed E-state index contributed by atoms with van der Waals surface area (Å²) < 4.78 is 26.2. The van der Waals surface area contributed by atoms with Crippen molar-refractivity contribution in [2.75, 3.05) is 11.6 Å². The van der Waals surface area contributed by atoms with Crippen LogP contribution in [-0.4, -0.2) is 34.2 Å². The van der Waals surface area contributed by atoms with Gasteiger partial charge in [0.05, 0.1) is 11.2 Å². The summed E-state index contributed by atoms with van der Waals surface area (Å²) in [5.41, 5.74) is 1.71. The largest absolute Gasteiger partial charge is 0.338 e. The molecule has 0 radical (unpaired) electrons. The molecule has 0 aliphatic heterocycles. The molecule has 7 nitrogen and oxygen atoms in total. The summed E-state index contributed by atoms with van der Waals surface area (Å²) in [6.07, 6.45) is 2.83. The first-order valence-electron chi connectivity index (χ1n) is 7.33. The lowest BCUT2D eigenvalue weighted by atomic mass is 10.3. The smallest absolute Gasteiger partial charge is 0.226 e. The van der Waals surface area contributed by atoms with Crippen molar-refractivity contribution in [3.8, 4) is 0 Å². The van der Waals surface area contributed by atoms with Crippen LogP contribution in [0.25, 0.3) is 11.2 Å². The topological polar surface area (TPSA) is 89.8 Å². The standard InChI is InChI=1S/C15H15BrClN5O2S/c1-8(2)22-7-18-12-13(20-15(17)21-14(12)22)19-10-4-9(16)5-11(6-10)25(3,23)24/h4-8H,1-3H3,(H,19,20,21). The van der Waals surface area contributed by atoms with E-state index in [1.807, 2.05) is 18.4 Å². The number of nitrogens with one attached hydrogen (secondary N) is 1. The average molecular weight is 445 g/mol. The van der Waals surface area contributed by atoms with E-state index in [0.29, 0.717) is 27.1 Å². The summed E-state index contributed by atoms with van der Waals surface area (Å²) >= 11 is 9.37. The highest BCUT2D eigenvalue weighted by atomic mass is 79.9. The number of aromatic nitrogens is 4. The molecule has 0 bridgehead atoms. The Morgan fingerprint density at radius 1 is 1.24 bits per heavy atom. The molecule has 10 heteroatoms. The van der Waals surface area contributed by atoms with Gasteiger partial charge in [-0.25, -0.2) is 13.4 Å². The molecule has 132 valence electrons. The lowest BCUT2D eigenvalue weighted by Crippen LogP contribution is -2.03. The minimum absolute atomic E-state index is 0.0794. The molecular weight excluding hydrogens is 430 g/mol. The fourth-order valence-corrected chi connectivity index (χ4v) is 3.83. The highest BCUT2D eigenvalue weighted by Crippen LogP contribution is 2.29. The number of nitrogens with zero attached hydrogens (tertiary/aromatic N) is 4. The van der Waals surface area contributed by atoms with Gasteiger partial charge in [0.15, 0.2) is 26.8 Å². The zero-order chi connectivity index (χ0) is 18.4. The Morgan fingerprint density at radius 2 is 1.96 bits per heavy atom. The number of hydrogen-bond donors (Lipinski definition) is 1. The summed E-state index contributed by atoms with van der Waals surface area (Å²) in [4.78, 5) is 13.0. The Labute approximate surface area is 158 Å². The molecule has 0 aliphatic carbocycles. The zero-order valence-electron chi connectivity index (χ0n) is 13.7. The number of halogens is 2. The van der Waals surface area contributed by atoms with E-state index in [2.05, 4.69) is 36.2 Å². The fourth-order valence-electron chi connectivity index (χ4n) is 2.34. The number of sulfone groups is 1. The number of hydrogen-bond acceptors (Lipinski definition) is 6. The van der Waals surface area contributed by atoms with Gasteiger partial charge in [0, 0.05) is 22.5 Å². The van der Waals surface area contributed by atoms with Crippen LogP contribution in [0, 0.1) is 0 Å². The number of benzene rings is 1. The third-order valence-electron chi connectivity index (χ3n) is 3.51. The SMILES string of the molecule is CC(C)n1cnc2c(Nc3cc(Br)cc(S(C)(=O)=O)c3)nc(Cl)nc21. The number of imidazole rings is 1. The minimum Gasteiger partial charge on any atom is -0.338 e. The lowest BCUT2D eigenvalue weighted by Gasteiger charge is -2.10. The monoisotopic (exact) mass is 443 g/mol. The summed E-state index contributed by atoms with van der Waals surface area (Å²) in [7, 11) is -3.35. The van der Waals surface area contributed by atoms with Crippen molar-refractivity contribution in [3.63, 3.8) is 0 Å². The molecule has 0 aliphatic rings. The predicted molar refractivity (Wildman–Crippen MR) is 101 cm³/mol. The van der Waals surface area contributed by atoms with Gasteiger partial charge in [-0.05, 0) is 43.6 Å². The van der Waals surface area contributed by atoms with Gasteiger partial charge < -0.3 is 9.88 Å². The molecule has 0 fully saturated rings. The van der Waals surface area contributed by atoms with E-state index in [4.69, 9.17) is 11.6 Å². The van der Waals surface area contributed by atoms with Crippen LogP contribution in [0.4, 0.5) is 11.5 Å². The van der Waals surface area contributed by atoms with Gasteiger partial charge in [-0.3, -0.25) is 0 Å². The van der Waals surface area contributed by atoms with Gasteiger partial charge in [0.25, 0.3) is 0 Å². The first kappa shape index (κ1) is 18.1. The van der Waals surface area contributed by atoms with Crippen molar-refractivity contribution >= 4 is 60.0 Å². The summed E-state index contributed by atoms with van der Waals surface area (Å²) in [6, 6.07) is 4.97. The summed E-state index contributed by atoms with van der Waals surface area (Å²) in [6.45, 7) is 4.02. The van der Waals surface area contributed by atoms with Gasteiger partial charge in [0.2, 0.25) is 5.28 Å². The molecular formula is C15H15BrClN5O2S. The van der Waals surface area contributed by atoms with Gasteiger partial charge in [-0.2, -0.15) is 9.97 Å². The van der Waals surface area contributed by atoms with E-state index < -0.39 is 9.84 Å². The highest BCUT2D eigenvalue weighted by Gasteiger charge is 2.16. The number of rotatable bonds is 4. The second-order valence-electron chi connectivity index (χ2n) is 5.83. The van der Waals surface area contributed by atoms with Crippen molar-refractivity contribution in [3.05, 3.63) is 34.3 Å². The molecule has 0 unspecified atom stereocenters. The third-order valence-corrected chi connectivity index (χ3v) is 5.23. The molecule has 3 aromatic rings. The van der Waals surface area contributed by atoms with Crippen molar-refractivity contribution in [2.45, 2.75) is 24.8 Å². The Hall–Kier alpha value is -1.71. The fraction of sp³-hybridized carbons (Fsp3) is 0.267. The third kappa shape index (κ3) is 3.78. The molecule has 0 saturated heterocycles. The molecule has 1 aromatic carbocycles. The Kier molecular flexibility index (Phi) is 4.74. The van der Waals surface area contributed by atoms with Gasteiger partial charge >= 0.3 is 0 Å². The van der Waals surface area contributed by atoms with Crippen LogP contribution in [-0.2, 0) is 9.84 Å². The maximum absolute atomic E-state index is 11.8. The Balaban J connectivity index is 2.11. The van der Waals surface area contributed by atoms with Crippen LogP contribution in [0.3, 0.4) is 0 Å². The molecule has 0 spiro atoms. The molecule has 2 heterocycles. The lowest BCUT2D eigenvalue weighted by molar-refractivity contribution is 0.602. The Bertz CT molecular complexity index is 1070. The van der Waals surface area contributed by atoms with Crippen molar-refractivity contribution in [2.24, 2.45) is 0 Å². The normalized spacial score (nSPS) is 12.1. The molecule has 0 atom stereocenters. The van der Waals surface area contributed by atoms with E-state index in [1.54, 1.807) is 12.4 Å². The molecule has 0 saturated carbocycles. The van der Waals surface area contributed by atoms with Crippen LogP contribution in [0.1, 0.15) is 19.9 Å². The van der Waals surface area contributed by atoms with Crippen LogP contribution >= 0.6 is 27.5 Å². The van der Waals surface area contributed by atoms with Crippen LogP contribution in [0.15, 0.2) is 33.9 Å². The molecule has 1 N–H and O–H groups in total. The van der Waals surface area contributed by atoms with Crippen molar-refractivity contribution in [1.82, 2.24) is 19.5 Å². The maximum Gasteiger partial charge on any atom is 0.226 e. The molecule has 3 rings (SSSR count). The minimum atomic E-state index is -3.35. The summed E-state index contributed by atoms with van der Waals surface area (Å²) in [5, 5.41) is 3.17. The van der Waals surface area contributed by atoms with Crippen LogP contribution in [0.5, 0.6) is 0 Å². The van der Waals surface area contributed by atoms with Crippen LogP contribution in [0.2, 0.25) is 5.28 Å². The second kappa shape index (κ2) is 6.54. The maximum atomic E-state index is 11.8. The van der Waals surface area contributed by atoms with Crippen molar-refractivity contribution < 1.29 is 8.42 Å². The van der Waals surface area contributed by atoms with Gasteiger partial charge in [0.1, 0.15) is 0 Å². The Morgan fingerprint density at radius 3 is 2.60 bits per heavy atom. The van der Waals surface area contributed by atoms with Crippen molar-refractivity contribution in [1.29, 1.82) is 0 Å². The first-order valence-corrected chi connectivity index (χ1v) is 10.4. The van der Waals surface area contributed by atoms with Crippen LogP contribution < -0.4 is 5.32 Å². The van der Waals surface area contributed by atoms with E-state index in [1.165, 1.54) is 12.1 Å². The molecule has 0 amide bonds. The van der Waals surface area contributed by atoms with Gasteiger partial charge in [-0.15, -0.1) is 0 Å². The van der Waals surface area contributed by atoms with E-state index >= 15 is 0 Å². The second-order valence-corrected chi connectivity index (χ2v) is 9.10. The average Bonchev–Trinajstić information content (AvgIpc) is 2.89. The van der Waals surface area contributed by atoms with E-state index in [0.717, 1.165) is 6.26 Å². The predicted octanol–water partition coefficient (Wildman–Crippen LogP) is 3.97.